The van der Waals surface area contributed by atoms with E-state index in [0.29, 0.717) is 22.4 Å². The normalized spacial score (nSPS) is 11.7. The number of nitrogens with zero attached hydrogens (tertiary/aromatic N) is 1. The van der Waals surface area contributed by atoms with Gasteiger partial charge in [-0.05, 0) is 81.2 Å². The monoisotopic (exact) mass is 564 g/mol. The smallest absolute Gasteiger partial charge is 0.416 e. The Kier molecular flexibility index (Phi) is 7.65. The van der Waals surface area contributed by atoms with Crippen molar-refractivity contribution in [3.8, 4) is 11.8 Å². The minimum atomic E-state index is -4.54. The van der Waals surface area contributed by atoms with Crippen LogP contribution < -0.4 is 10.1 Å². The predicted molar refractivity (Wildman–Crippen MR) is 141 cm³/mol. The molecule has 0 aliphatic rings. The van der Waals surface area contributed by atoms with Gasteiger partial charge in [-0.3, -0.25) is 4.79 Å². The Morgan fingerprint density at radius 2 is 1.84 bits per heavy atom. The number of carbonyl (C=O) groups excluding carboxylic acids is 1. The summed E-state index contributed by atoms with van der Waals surface area (Å²) >= 11 is 3.47. The highest BCUT2D eigenvalue weighted by atomic mass is 79.9. The number of carbonyl (C=O) groups is 1. The molecule has 4 nitrogen and oxygen atoms in total. The van der Waals surface area contributed by atoms with Crippen LogP contribution in [-0.4, -0.2) is 5.91 Å². The van der Waals surface area contributed by atoms with Crippen molar-refractivity contribution in [3.05, 3.63) is 111 Å². The van der Waals surface area contributed by atoms with E-state index in [-0.39, 0.29) is 11.3 Å². The molecule has 4 aromatic carbocycles. The second-order valence-corrected chi connectivity index (χ2v) is 9.12. The number of halogens is 4. The first-order valence-corrected chi connectivity index (χ1v) is 11.9. The molecule has 0 bridgehead atoms. The molecule has 0 fully saturated rings. The van der Waals surface area contributed by atoms with Gasteiger partial charge in [0.1, 0.15) is 24.0 Å². The molecular formula is C29H20BrF3N2O2. The Labute approximate surface area is 220 Å². The van der Waals surface area contributed by atoms with Gasteiger partial charge < -0.3 is 10.1 Å². The summed E-state index contributed by atoms with van der Waals surface area (Å²) in [6.07, 6.45) is -3.19. The second kappa shape index (κ2) is 10.9. The molecule has 0 unspecified atom stereocenters. The third kappa shape index (κ3) is 6.19. The number of nitriles is 1. The number of fused-ring (bicyclic) bond motifs is 1. The third-order valence-electron chi connectivity index (χ3n) is 5.73. The zero-order valence-electron chi connectivity index (χ0n) is 19.6. The van der Waals surface area contributed by atoms with Crippen molar-refractivity contribution in [3.63, 3.8) is 0 Å². The number of aryl methyl sites for hydroxylation is 1. The van der Waals surface area contributed by atoms with Gasteiger partial charge in [-0.2, -0.15) is 18.4 Å². The lowest BCUT2D eigenvalue weighted by Gasteiger charge is -2.13. The molecule has 0 saturated carbocycles. The molecule has 1 amide bonds. The van der Waals surface area contributed by atoms with E-state index in [4.69, 9.17) is 4.74 Å². The van der Waals surface area contributed by atoms with Gasteiger partial charge in [-0.1, -0.05) is 48.5 Å². The molecule has 4 rings (SSSR count). The molecule has 37 heavy (non-hydrogen) atoms. The van der Waals surface area contributed by atoms with Crippen LogP contribution in [0.5, 0.6) is 5.75 Å². The third-order valence-corrected chi connectivity index (χ3v) is 6.35. The van der Waals surface area contributed by atoms with Gasteiger partial charge in [0.15, 0.2) is 0 Å². The summed E-state index contributed by atoms with van der Waals surface area (Å²) in [6, 6.07) is 23.3. The molecule has 0 heterocycles. The molecule has 4 aromatic rings. The lowest BCUT2D eigenvalue weighted by molar-refractivity contribution is -0.137. The van der Waals surface area contributed by atoms with Crippen LogP contribution >= 0.6 is 15.9 Å². The standard InChI is InChI=1S/C29H20BrF3N2O2/c1-18-9-11-20-5-2-3-8-24(20)25(18)17-37-27-12-10-19(14-26(27)30)13-21(16-34)28(36)35-23-7-4-6-22(15-23)29(31,32)33/h2-15H,17H2,1H3,(H,35,36)/b21-13+. The average molecular weight is 565 g/mol. The molecule has 0 saturated heterocycles. The first-order valence-electron chi connectivity index (χ1n) is 11.2. The fourth-order valence-corrected chi connectivity index (χ4v) is 4.31. The summed E-state index contributed by atoms with van der Waals surface area (Å²) in [6.45, 7) is 2.38. The topological polar surface area (TPSA) is 62.1 Å². The zero-order valence-corrected chi connectivity index (χ0v) is 21.2. The van der Waals surface area contributed by atoms with Crippen LogP contribution in [0.1, 0.15) is 22.3 Å². The highest BCUT2D eigenvalue weighted by Crippen LogP contribution is 2.32. The highest BCUT2D eigenvalue weighted by molar-refractivity contribution is 9.10. The molecule has 0 aliphatic heterocycles. The Bertz CT molecular complexity index is 1560. The van der Waals surface area contributed by atoms with E-state index in [1.54, 1.807) is 24.3 Å². The number of alkyl halides is 3. The van der Waals surface area contributed by atoms with Crippen LogP contribution in [0, 0.1) is 18.3 Å². The van der Waals surface area contributed by atoms with E-state index in [1.165, 1.54) is 18.2 Å². The maximum absolute atomic E-state index is 12.9. The lowest BCUT2D eigenvalue weighted by Crippen LogP contribution is -2.14. The second-order valence-electron chi connectivity index (χ2n) is 8.26. The molecular weight excluding hydrogens is 545 g/mol. The van der Waals surface area contributed by atoms with Crippen molar-refractivity contribution < 1.29 is 22.7 Å². The average Bonchev–Trinajstić information content (AvgIpc) is 2.87. The highest BCUT2D eigenvalue weighted by Gasteiger charge is 2.30. The number of ether oxygens (including phenoxy) is 1. The first kappa shape index (κ1) is 26.0. The van der Waals surface area contributed by atoms with Crippen LogP contribution in [0.3, 0.4) is 0 Å². The van der Waals surface area contributed by atoms with Gasteiger partial charge >= 0.3 is 6.18 Å². The number of amides is 1. The van der Waals surface area contributed by atoms with Crippen LogP contribution in [0.25, 0.3) is 16.8 Å². The van der Waals surface area contributed by atoms with E-state index in [0.717, 1.165) is 34.0 Å². The van der Waals surface area contributed by atoms with Gasteiger partial charge in [0.25, 0.3) is 5.91 Å². The minimum Gasteiger partial charge on any atom is -0.488 e. The Hall–Kier alpha value is -4.09. The molecule has 0 atom stereocenters. The maximum atomic E-state index is 12.9. The first-order chi connectivity index (χ1) is 17.7. The number of nitrogens with one attached hydrogen (secondary N) is 1. The van der Waals surface area contributed by atoms with E-state index < -0.39 is 17.6 Å². The quantitative estimate of drug-likeness (QED) is 0.190. The molecule has 0 aliphatic carbocycles. The van der Waals surface area contributed by atoms with Gasteiger partial charge in [0.2, 0.25) is 0 Å². The van der Waals surface area contributed by atoms with Crippen molar-refractivity contribution >= 4 is 44.4 Å². The van der Waals surface area contributed by atoms with Crippen molar-refractivity contribution in [2.75, 3.05) is 5.32 Å². The number of hydrogen-bond donors (Lipinski definition) is 1. The summed E-state index contributed by atoms with van der Waals surface area (Å²) < 4.78 is 45.5. The predicted octanol–water partition coefficient (Wildman–Crippen LogP) is 8.05. The molecule has 0 spiro atoms. The SMILES string of the molecule is Cc1ccc2ccccc2c1COc1ccc(/C=C(\C#N)C(=O)Nc2cccc(C(F)(F)F)c2)cc1Br. The van der Waals surface area contributed by atoms with Crippen LogP contribution in [0.2, 0.25) is 0 Å². The minimum absolute atomic E-state index is 0.0605. The van der Waals surface area contributed by atoms with Crippen molar-refractivity contribution in [2.45, 2.75) is 19.7 Å². The Morgan fingerprint density at radius 3 is 2.57 bits per heavy atom. The molecule has 0 radical (unpaired) electrons. The van der Waals surface area contributed by atoms with Gasteiger partial charge in [0.05, 0.1) is 10.0 Å². The number of anilines is 1. The Morgan fingerprint density at radius 1 is 1.05 bits per heavy atom. The maximum Gasteiger partial charge on any atom is 0.416 e. The fraction of sp³-hybridized carbons (Fsp3) is 0.103. The van der Waals surface area contributed by atoms with E-state index >= 15 is 0 Å². The lowest BCUT2D eigenvalue weighted by atomic mass is 10.0. The van der Waals surface area contributed by atoms with Gasteiger partial charge in [0, 0.05) is 11.3 Å². The fourth-order valence-electron chi connectivity index (χ4n) is 3.80. The summed E-state index contributed by atoms with van der Waals surface area (Å²) in [5.41, 5.74) is 1.51. The van der Waals surface area contributed by atoms with Crippen molar-refractivity contribution in [2.24, 2.45) is 0 Å². The van der Waals surface area contributed by atoms with E-state index in [2.05, 4.69) is 39.4 Å². The largest absolute Gasteiger partial charge is 0.488 e. The number of rotatable bonds is 6. The van der Waals surface area contributed by atoms with Crippen LogP contribution in [0.4, 0.5) is 18.9 Å². The van der Waals surface area contributed by atoms with E-state index in [9.17, 15) is 23.2 Å². The summed E-state index contributed by atoms with van der Waals surface area (Å²) in [5, 5.41) is 14.1. The van der Waals surface area contributed by atoms with Crippen LogP contribution in [0.15, 0.2) is 88.9 Å². The summed E-state index contributed by atoms with van der Waals surface area (Å²) in [4.78, 5) is 12.5. The molecule has 186 valence electrons. The summed E-state index contributed by atoms with van der Waals surface area (Å²) in [7, 11) is 0. The molecule has 1 N–H and O–H groups in total. The number of hydrogen-bond acceptors (Lipinski definition) is 3. The summed E-state index contributed by atoms with van der Waals surface area (Å²) in [5.74, 6) is -0.235. The van der Waals surface area contributed by atoms with Gasteiger partial charge in [-0.15, -0.1) is 0 Å². The van der Waals surface area contributed by atoms with E-state index in [1.807, 2.05) is 25.1 Å². The van der Waals surface area contributed by atoms with Gasteiger partial charge in [-0.25, -0.2) is 0 Å². The molecule has 0 aromatic heterocycles. The van der Waals surface area contributed by atoms with Crippen LogP contribution in [-0.2, 0) is 17.6 Å². The Balaban J connectivity index is 1.50. The van der Waals surface area contributed by atoms with Crippen molar-refractivity contribution in [1.29, 1.82) is 5.26 Å². The number of benzene rings is 4. The molecule has 8 heteroatoms. The zero-order chi connectivity index (χ0) is 26.6. The van der Waals surface area contributed by atoms with Crippen molar-refractivity contribution in [1.82, 2.24) is 0 Å².